The first-order valence-corrected chi connectivity index (χ1v) is 9.22. The summed E-state index contributed by atoms with van der Waals surface area (Å²) in [5.74, 6) is 0.687. The van der Waals surface area contributed by atoms with E-state index in [0.29, 0.717) is 10.7 Å². The number of nitrogens with zero attached hydrogens (tertiary/aromatic N) is 3. The van der Waals surface area contributed by atoms with Crippen LogP contribution in [-0.2, 0) is 16.6 Å². The van der Waals surface area contributed by atoms with Gasteiger partial charge in [-0.05, 0) is 41.8 Å². The highest BCUT2D eigenvalue weighted by atomic mass is 79.9. The number of thiophene rings is 1. The summed E-state index contributed by atoms with van der Waals surface area (Å²) in [7, 11) is -3.54. The molecular formula is C11H13BrN4O2S2. The summed E-state index contributed by atoms with van der Waals surface area (Å²) in [6, 6.07) is 1.32. The maximum atomic E-state index is 12.5. The van der Waals surface area contributed by atoms with Crippen molar-refractivity contribution < 1.29 is 8.42 Å². The van der Waals surface area contributed by atoms with Crippen LogP contribution in [0.4, 0.5) is 0 Å². The molecule has 3 rings (SSSR count). The van der Waals surface area contributed by atoms with Crippen LogP contribution in [0.5, 0.6) is 0 Å². The van der Waals surface area contributed by atoms with E-state index in [2.05, 4.69) is 30.7 Å². The number of aryl methyl sites for hydroxylation is 2. The van der Waals surface area contributed by atoms with Crippen molar-refractivity contribution in [3.63, 3.8) is 0 Å². The Hall–Kier alpha value is -0.770. The number of rotatable bonds is 3. The summed E-state index contributed by atoms with van der Waals surface area (Å²) in [5.41, 5.74) is 0. The van der Waals surface area contributed by atoms with Crippen LogP contribution in [0, 0.1) is 6.92 Å². The average Bonchev–Trinajstić information content (AvgIpc) is 2.96. The minimum atomic E-state index is -3.54. The second-order valence-electron chi connectivity index (χ2n) is 4.63. The lowest BCUT2D eigenvalue weighted by molar-refractivity contribution is 0.400. The monoisotopic (exact) mass is 376 g/mol. The number of halogens is 1. The van der Waals surface area contributed by atoms with E-state index in [0.717, 1.165) is 28.0 Å². The zero-order valence-corrected chi connectivity index (χ0v) is 13.9. The molecule has 6 nitrogen and oxygen atoms in total. The van der Waals surface area contributed by atoms with Gasteiger partial charge in [-0.3, -0.25) is 0 Å². The van der Waals surface area contributed by atoms with Crippen molar-refractivity contribution in [2.75, 3.05) is 0 Å². The molecule has 2 aromatic rings. The normalized spacial score (nSPS) is 19.0. The standard InChI is InChI=1S/C11H13BrN4O2S2/c1-7-9(5-10(12)19-7)20(17,18)15-8-3-2-4-16-11(8)13-6-14-16/h5-6,8,15H,2-4H2,1H3/t8-/m1/s1. The number of nitrogens with one attached hydrogen (secondary N) is 1. The molecule has 0 unspecified atom stereocenters. The summed E-state index contributed by atoms with van der Waals surface area (Å²) in [4.78, 5) is 5.25. The number of fused-ring (bicyclic) bond motifs is 1. The van der Waals surface area contributed by atoms with Crippen molar-refractivity contribution in [1.29, 1.82) is 0 Å². The van der Waals surface area contributed by atoms with Crippen molar-refractivity contribution >= 4 is 37.3 Å². The Balaban J connectivity index is 1.91. The van der Waals surface area contributed by atoms with Gasteiger partial charge in [0.25, 0.3) is 0 Å². The molecule has 1 atom stereocenters. The number of sulfonamides is 1. The van der Waals surface area contributed by atoms with Gasteiger partial charge in [-0.15, -0.1) is 11.3 Å². The molecule has 0 amide bonds. The van der Waals surface area contributed by atoms with E-state index in [1.807, 2.05) is 0 Å². The summed E-state index contributed by atoms with van der Waals surface area (Å²) in [6.45, 7) is 2.59. The van der Waals surface area contributed by atoms with Crippen molar-refractivity contribution in [2.24, 2.45) is 0 Å². The molecule has 20 heavy (non-hydrogen) atoms. The van der Waals surface area contributed by atoms with Crippen molar-refractivity contribution in [1.82, 2.24) is 19.5 Å². The molecule has 1 N–H and O–H groups in total. The Morgan fingerprint density at radius 3 is 3.05 bits per heavy atom. The zero-order valence-electron chi connectivity index (χ0n) is 10.7. The summed E-state index contributed by atoms with van der Waals surface area (Å²) >= 11 is 4.73. The van der Waals surface area contributed by atoms with Crippen LogP contribution >= 0.6 is 27.3 Å². The predicted molar refractivity (Wildman–Crippen MR) is 79.1 cm³/mol. The first-order valence-electron chi connectivity index (χ1n) is 6.13. The molecule has 0 aromatic carbocycles. The van der Waals surface area contributed by atoms with Crippen LogP contribution in [-0.4, -0.2) is 23.2 Å². The predicted octanol–water partition coefficient (Wildman–Crippen LogP) is 2.22. The number of aromatic nitrogens is 3. The van der Waals surface area contributed by atoms with Crippen LogP contribution in [0.15, 0.2) is 21.1 Å². The fourth-order valence-electron chi connectivity index (χ4n) is 2.35. The van der Waals surface area contributed by atoms with E-state index in [9.17, 15) is 8.42 Å². The summed E-state index contributed by atoms with van der Waals surface area (Å²) in [5, 5.41) is 4.10. The fraction of sp³-hybridized carbons (Fsp3) is 0.455. The summed E-state index contributed by atoms with van der Waals surface area (Å²) in [6.07, 6.45) is 3.09. The lowest BCUT2D eigenvalue weighted by atomic mass is 10.1. The molecule has 9 heteroatoms. The van der Waals surface area contributed by atoms with Gasteiger partial charge in [0.05, 0.1) is 14.7 Å². The minimum absolute atomic E-state index is 0.311. The van der Waals surface area contributed by atoms with Gasteiger partial charge < -0.3 is 0 Å². The zero-order chi connectivity index (χ0) is 14.3. The van der Waals surface area contributed by atoms with Gasteiger partial charge in [0.2, 0.25) is 10.0 Å². The third kappa shape index (κ3) is 2.54. The fourth-order valence-corrected chi connectivity index (χ4v) is 5.99. The van der Waals surface area contributed by atoms with E-state index in [-0.39, 0.29) is 6.04 Å². The van der Waals surface area contributed by atoms with Crippen LogP contribution in [0.25, 0.3) is 0 Å². The molecule has 0 saturated carbocycles. The van der Waals surface area contributed by atoms with E-state index >= 15 is 0 Å². The van der Waals surface area contributed by atoms with Gasteiger partial charge in [0, 0.05) is 11.4 Å². The Labute approximate surface area is 129 Å². The molecular weight excluding hydrogens is 364 g/mol. The third-order valence-electron chi connectivity index (χ3n) is 3.25. The molecule has 0 saturated heterocycles. The van der Waals surface area contributed by atoms with Gasteiger partial charge in [0.15, 0.2) is 0 Å². The molecule has 0 aliphatic carbocycles. The number of hydrogen-bond donors (Lipinski definition) is 1. The SMILES string of the molecule is Cc1sc(Br)cc1S(=O)(=O)N[C@@H]1CCCn2ncnc21. The minimum Gasteiger partial charge on any atom is -0.248 e. The van der Waals surface area contributed by atoms with Crippen LogP contribution in [0.2, 0.25) is 0 Å². The van der Waals surface area contributed by atoms with Gasteiger partial charge in [-0.1, -0.05) is 0 Å². The number of hydrogen-bond acceptors (Lipinski definition) is 5. The second kappa shape index (κ2) is 5.21. The molecule has 0 radical (unpaired) electrons. The van der Waals surface area contributed by atoms with Gasteiger partial charge in [-0.25, -0.2) is 22.8 Å². The molecule has 0 spiro atoms. The highest BCUT2D eigenvalue weighted by Crippen LogP contribution is 2.31. The maximum absolute atomic E-state index is 12.5. The van der Waals surface area contributed by atoms with Gasteiger partial charge in [0.1, 0.15) is 12.2 Å². The first kappa shape index (κ1) is 14.2. The Morgan fingerprint density at radius 1 is 1.55 bits per heavy atom. The average molecular weight is 377 g/mol. The first-order chi connectivity index (χ1) is 9.47. The quantitative estimate of drug-likeness (QED) is 0.890. The molecule has 108 valence electrons. The molecule has 1 aliphatic heterocycles. The largest absolute Gasteiger partial charge is 0.248 e. The molecule has 1 aliphatic rings. The Kier molecular flexibility index (Phi) is 3.69. The Morgan fingerprint density at radius 2 is 2.35 bits per heavy atom. The van der Waals surface area contributed by atoms with E-state index in [4.69, 9.17) is 0 Å². The van der Waals surface area contributed by atoms with Crippen LogP contribution in [0.3, 0.4) is 0 Å². The molecule has 0 bridgehead atoms. The smallest absolute Gasteiger partial charge is 0.242 e. The van der Waals surface area contributed by atoms with Crippen LogP contribution in [0.1, 0.15) is 29.6 Å². The topological polar surface area (TPSA) is 76.9 Å². The van der Waals surface area contributed by atoms with Crippen LogP contribution < -0.4 is 4.72 Å². The Bertz CT molecular complexity index is 737. The van der Waals surface area contributed by atoms with Crippen molar-refractivity contribution in [3.05, 3.63) is 26.9 Å². The highest BCUT2D eigenvalue weighted by Gasteiger charge is 2.29. The second-order valence-corrected chi connectivity index (χ2v) is 8.95. The van der Waals surface area contributed by atoms with Crippen molar-refractivity contribution in [3.8, 4) is 0 Å². The van der Waals surface area contributed by atoms with E-state index in [1.54, 1.807) is 17.7 Å². The van der Waals surface area contributed by atoms with E-state index < -0.39 is 10.0 Å². The summed E-state index contributed by atoms with van der Waals surface area (Å²) < 4.78 is 30.3. The molecule has 2 aromatic heterocycles. The van der Waals surface area contributed by atoms with Gasteiger partial charge in [-0.2, -0.15) is 5.10 Å². The van der Waals surface area contributed by atoms with E-state index in [1.165, 1.54) is 17.7 Å². The van der Waals surface area contributed by atoms with Crippen molar-refractivity contribution in [2.45, 2.75) is 37.2 Å². The molecule has 0 fully saturated rings. The molecule has 3 heterocycles. The van der Waals surface area contributed by atoms with Gasteiger partial charge >= 0.3 is 0 Å². The third-order valence-corrected chi connectivity index (χ3v) is 6.53. The lowest BCUT2D eigenvalue weighted by Crippen LogP contribution is -2.33. The maximum Gasteiger partial charge on any atom is 0.242 e. The lowest BCUT2D eigenvalue weighted by Gasteiger charge is -2.22. The highest BCUT2D eigenvalue weighted by molar-refractivity contribution is 9.11.